The van der Waals surface area contributed by atoms with Crippen LogP contribution in [-0.2, 0) is 19.6 Å². The molecule has 0 atom stereocenters. The average Bonchev–Trinajstić information content (AvgIpc) is 2.41. The van der Waals surface area contributed by atoms with Crippen molar-refractivity contribution >= 4 is 21.8 Å². The molecule has 2 rings (SSSR count). The molecule has 1 aromatic rings. The summed E-state index contributed by atoms with van der Waals surface area (Å²) in [6, 6.07) is 5.71. The highest BCUT2D eigenvalue weighted by atomic mass is 32.2. The van der Waals surface area contributed by atoms with Gasteiger partial charge in [0.05, 0.1) is 18.0 Å². The molecule has 1 aromatic carbocycles. The Morgan fingerprint density at radius 2 is 2.00 bits per heavy atom. The van der Waals surface area contributed by atoms with E-state index in [1.54, 1.807) is 0 Å². The molecular weight excluding hydrogens is 286 g/mol. The molecule has 20 heavy (non-hydrogen) atoms. The van der Waals surface area contributed by atoms with Gasteiger partial charge in [-0.1, -0.05) is 12.1 Å². The Morgan fingerprint density at radius 3 is 2.60 bits per heavy atom. The number of aliphatic hydroxyl groups excluding tert-OH is 1. The topological polar surface area (TPSA) is 104 Å². The summed E-state index contributed by atoms with van der Waals surface area (Å²) in [4.78, 5) is 11.1. The van der Waals surface area contributed by atoms with E-state index < -0.39 is 27.4 Å². The van der Waals surface area contributed by atoms with Gasteiger partial charge in [0.25, 0.3) is 10.0 Å². The first kappa shape index (κ1) is 14.4. The van der Waals surface area contributed by atoms with Crippen molar-refractivity contribution in [1.82, 2.24) is 4.31 Å². The molecule has 0 unspecified atom stereocenters. The van der Waals surface area contributed by atoms with Crippen molar-refractivity contribution < 1.29 is 28.2 Å². The quantitative estimate of drug-likeness (QED) is 0.846. The summed E-state index contributed by atoms with van der Waals surface area (Å²) in [7, 11) is -2.66. The van der Waals surface area contributed by atoms with Crippen LogP contribution in [0.2, 0.25) is 0 Å². The van der Waals surface area contributed by atoms with Crippen molar-refractivity contribution in [2.75, 3.05) is 20.3 Å². The van der Waals surface area contributed by atoms with E-state index in [0.717, 1.165) is 0 Å². The highest BCUT2D eigenvalue weighted by molar-refractivity contribution is 7.89. The summed E-state index contributed by atoms with van der Waals surface area (Å²) in [6.07, 6.45) is 0. The number of hydrogen-bond donors (Lipinski definition) is 2. The Kier molecular flexibility index (Phi) is 3.69. The van der Waals surface area contributed by atoms with E-state index in [1.807, 2.05) is 0 Å². The molecule has 108 valence electrons. The van der Waals surface area contributed by atoms with E-state index in [1.165, 1.54) is 31.4 Å². The number of methoxy groups -OCH3 is 1. The van der Waals surface area contributed by atoms with Gasteiger partial charge < -0.3 is 14.9 Å². The van der Waals surface area contributed by atoms with Gasteiger partial charge in [0.2, 0.25) is 0 Å². The third-order valence-electron chi connectivity index (χ3n) is 2.89. The van der Waals surface area contributed by atoms with Gasteiger partial charge in [-0.15, -0.1) is 0 Å². The fourth-order valence-corrected chi connectivity index (χ4v) is 3.64. The molecule has 1 aliphatic rings. The number of hydrogen-bond acceptors (Lipinski definition) is 5. The van der Waals surface area contributed by atoms with E-state index in [9.17, 15) is 23.4 Å². The molecule has 0 spiro atoms. The number of benzene rings is 1. The predicted octanol–water partition coefficient (Wildman–Crippen LogP) is 0.648. The second-order valence-corrected chi connectivity index (χ2v) is 5.90. The maximum atomic E-state index is 12.4. The summed E-state index contributed by atoms with van der Waals surface area (Å²) in [5, 5.41) is 19.2. The fraction of sp³-hybridized carbons (Fsp3) is 0.250. The van der Waals surface area contributed by atoms with Gasteiger partial charge >= 0.3 is 5.97 Å². The minimum Gasteiger partial charge on any atom is -0.505 e. The van der Waals surface area contributed by atoms with Crippen LogP contribution in [0.1, 0.15) is 5.56 Å². The first-order valence-electron chi connectivity index (χ1n) is 5.69. The van der Waals surface area contributed by atoms with Crippen LogP contribution in [0.3, 0.4) is 0 Å². The van der Waals surface area contributed by atoms with E-state index in [0.29, 0.717) is 4.31 Å². The number of rotatable bonds is 4. The zero-order valence-corrected chi connectivity index (χ0v) is 11.4. The van der Waals surface area contributed by atoms with Crippen molar-refractivity contribution in [3.8, 4) is 0 Å². The van der Waals surface area contributed by atoms with Crippen molar-refractivity contribution in [2.24, 2.45) is 0 Å². The summed E-state index contributed by atoms with van der Waals surface area (Å²) in [6.45, 7) is -0.190. The SMILES string of the molecule is COCCN1C(C(=O)O)=C(O)c2ccccc2S1(=O)=O. The molecule has 0 fully saturated rings. The highest BCUT2D eigenvalue weighted by Gasteiger charge is 2.39. The van der Waals surface area contributed by atoms with Gasteiger partial charge in [-0.3, -0.25) is 4.31 Å². The average molecular weight is 299 g/mol. The van der Waals surface area contributed by atoms with Crippen LogP contribution in [0.5, 0.6) is 0 Å². The number of nitrogens with zero attached hydrogens (tertiary/aromatic N) is 1. The molecule has 0 aromatic heterocycles. The molecule has 1 aliphatic heterocycles. The number of aliphatic hydroxyl groups is 1. The zero-order valence-electron chi connectivity index (χ0n) is 10.6. The number of carboxylic acid groups (broad SMARTS) is 1. The molecule has 0 saturated heterocycles. The smallest absolute Gasteiger partial charge is 0.357 e. The van der Waals surface area contributed by atoms with E-state index in [-0.39, 0.29) is 23.6 Å². The summed E-state index contributed by atoms with van der Waals surface area (Å²) < 4.78 is 30.3. The second kappa shape index (κ2) is 5.14. The minimum atomic E-state index is -4.03. The Hall–Kier alpha value is -2.06. The molecule has 0 saturated carbocycles. The first-order valence-corrected chi connectivity index (χ1v) is 7.13. The summed E-state index contributed by atoms with van der Waals surface area (Å²) in [5.74, 6) is -2.09. The number of aliphatic carboxylic acids is 1. The van der Waals surface area contributed by atoms with Gasteiger partial charge in [0.15, 0.2) is 11.5 Å². The summed E-state index contributed by atoms with van der Waals surface area (Å²) in [5.41, 5.74) is -0.681. The molecule has 0 amide bonds. The van der Waals surface area contributed by atoms with Crippen LogP contribution in [0.15, 0.2) is 34.9 Å². The molecule has 1 heterocycles. The van der Waals surface area contributed by atoms with Crippen LogP contribution in [0, 0.1) is 0 Å². The van der Waals surface area contributed by atoms with Crippen molar-refractivity contribution in [1.29, 1.82) is 0 Å². The second-order valence-electron chi connectivity index (χ2n) is 4.07. The molecular formula is C12H13NO6S. The van der Waals surface area contributed by atoms with Gasteiger partial charge in [-0.25, -0.2) is 13.2 Å². The van der Waals surface area contributed by atoms with Gasteiger partial charge in [-0.05, 0) is 12.1 Å². The number of sulfonamides is 1. The molecule has 8 heteroatoms. The van der Waals surface area contributed by atoms with Gasteiger partial charge in [0.1, 0.15) is 0 Å². The van der Waals surface area contributed by atoms with E-state index in [2.05, 4.69) is 0 Å². The number of ether oxygens (including phenoxy) is 1. The Labute approximate surface area is 115 Å². The minimum absolute atomic E-state index is 0.00541. The summed E-state index contributed by atoms with van der Waals surface area (Å²) >= 11 is 0. The maximum absolute atomic E-state index is 12.4. The van der Waals surface area contributed by atoms with Crippen LogP contribution < -0.4 is 0 Å². The van der Waals surface area contributed by atoms with Crippen LogP contribution >= 0.6 is 0 Å². The lowest BCUT2D eigenvalue weighted by Gasteiger charge is -2.29. The van der Waals surface area contributed by atoms with E-state index in [4.69, 9.17) is 4.74 Å². The van der Waals surface area contributed by atoms with Crippen LogP contribution in [0.4, 0.5) is 0 Å². The molecule has 0 aliphatic carbocycles. The zero-order chi connectivity index (χ0) is 14.9. The monoisotopic (exact) mass is 299 g/mol. The molecule has 0 bridgehead atoms. The highest BCUT2D eigenvalue weighted by Crippen LogP contribution is 2.35. The van der Waals surface area contributed by atoms with Crippen LogP contribution in [-0.4, -0.2) is 49.2 Å². The Bertz CT molecular complexity index is 679. The number of fused-ring (bicyclic) bond motifs is 1. The molecule has 2 N–H and O–H groups in total. The third kappa shape index (κ3) is 2.12. The predicted molar refractivity (Wildman–Crippen MR) is 69.4 cm³/mol. The maximum Gasteiger partial charge on any atom is 0.357 e. The van der Waals surface area contributed by atoms with Crippen molar-refractivity contribution in [2.45, 2.75) is 4.90 Å². The third-order valence-corrected chi connectivity index (χ3v) is 4.74. The lowest BCUT2D eigenvalue weighted by molar-refractivity contribution is -0.133. The largest absolute Gasteiger partial charge is 0.505 e. The fourth-order valence-electron chi connectivity index (χ4n) is 1.99. The lowest BCUT2D eigenvalue weighted by atomic mass is 10.1. The molecule has 0 radical (unpaired) electrons. The lowest BCUT2D eigenvalue weighted by Crippen LogP contribution is -2.39. The number of carboxylic acids is 1. The van der Waals surface area contributed by atoms with Gasteiger partial charge in [-0.2, -0.15) is 0 Å². The first-order chi connectivity index (χ1) is 9.41. The normalized spacial score (nSPS) is 16.9. The van der Waals surface area contributed by atoms with Crippen molar-refractivity contribution in [3.05, 3.63) is 35.5 Å². The van der Waals surface area contributed by atoms with Crippen LogP contribution in [0.25, 0.3) is 5.76 Å². The molecule has 7 nitrogen and oxygen atoms in total. The van der Waals surface area contributed by atoms with Crippen molar-refractivity contribution in [3.63, 3.8) is 0 Å². The number of carbonyl (C=O) groups is 1. The standard InChI is InChI=1S/C12H13NO6S/c1-19-7-6-13-10(12(15)16)11(14)8-4-2-3-5-9(8)20(13,17)18/h2-5,14H,6-7H2,1H3,(H,15,16). The van der Waals surface area contributed by atoms with E-state index >= 15 is 0 Å². The Balaban J connectivity index is 2.70. The van der Waals surface area contributed by atoms with Gasteiger partial charge in [0, 0.05) is 12.7 Å². The Morgan fingerprint density at radius 1 is 1.35 bits per heavy atom.